The average molecular weight is 432 g/mol. The first kappa shape index (κ1) is 22.8. The average Bonchev–Trinajstić information content (AvgIpc) is 2.72. The lowest BCUT2D eigenvalue weighted by Crippen LogP contribution is -2.41. The fraction of sp³-hybridized carbons (Fsp3) is 0.417. The van der Waals surface area contributed by atoms with Gasteiger partial charge in [-0.25, -0.2) is 0 Å². The molecule has 1 aliphatic rings. The second kappa shape index (κ2) is 8.73. The second-order valence-electron chi connectivity index (χ2n) is 8.96. The Morgan fingerprint density at radius 2 is 1.39 bits per heavy atom. The van der Waals surface area contributed by atoms with Crippen molar-refractivity contribution in [1.29, 1.82) is 0 Å². The minimum Gasteiger partial charge on any atom is -0.339 e. The van der Waals surface area contributed by atoms with Crippen LogP contribution in [0, 0.1) is 5.92 Å². The van der Waals surface area contributed by atoms with Crippen molar-refractivity contribution in [2.75, 3.05) is 18.4 Å². The van der Waals surface area contributed by atoms with Crippen molar-refractivity contribution in [3.63, 3.8) is 0 Å². The first-order valence-electron chi connectivity index (χ1n) is 10.3. The van der Waals surface area contributed by atoms with Gasteiger partial charge in [-0.15, -0.1) is 0 Å². The standard InChI is InChI=1S/C24H27F3N2O2/c1-23(2,3)18-6-4-17(5-7-18)22(31)29-14-12-16(13-15-29)21(30)28-20-10-8-19(9-11-20)24(25,26)27/h4-11,16H,12-15H2,1-3H3,(H,28,30). The zero-order valence-electron chi connectivity index (χ0n) is 17.9. The molecule has 2 aromatic rings. The zero-order valence-corrected chi connectivity index (χ0v) is 17.9. The molecule has 0 radical (unpaired) electrons. The number of anilines is 1. The van der Waals surface area contributed by atoms with E-state index in [2.05, 4.69) is 26.1 Å². The summed E-state index contributed by atoms with van der Waals surface area (Å²) in [6.45, 7) is 7.27. The van der Waals surface area contributed by atoms with Gasteiger partial charge in [-0.3, -0.25) is 9.59 Å². The van der Waals surface area contributed by atoms with Gasteiger partial charge in [-0.05, 0) is 60.2 Å². The van der Waals surface area contributed by atoms with Gasteiger partial charge in [0, 0.05) is 30.3 Å². The molecular formula is C24H27F3N2O2. The molecule has 0 saturated carbocycles. The van der Waals surface area contributed by atoms with Gasteiger partial charge >= 0.3 is 6.18 Å². The summed E-state index contributed by atoms with van der Waals surface area (Å²) < 4.78 is 37.9. The molecule has 2 amide bonds. The van der Waals surface area contributed by atoms with Crippen LogP contribution in [0.25, 0.3) is 0 Å². The smallest absolute Gasteiger partial charge is 0.339 e. The zero-order chi connectivity index (χ0) is 22.8. The molecule has 7 heteroatoms. The number of rotatable bonds is 3. The molecule has 1 fully saturated rings. The quantitative estimate of drug-likeness (QED) is 0.697. The number of amides is 2. The van der Waals surface area contributed by atoms with Crippen molar-refractivity contribution >= 4 is 17.5 Å². The summed E-state index contributed by atoms with van der Waals surface area (Å²) in [5.74, 6) is -0.571. The van der Waals surface area contributed by atoms with Crippen molar-refractivity contribution < 1.29 is 22.8 Å². The molecule has 1 saturated heterocycles. The topological polar surface area (TPSA) is 49.4 Å². The molecule has 0 aromatic heterocycles. The molecule has 0 aliphatic carbocycles. The van der Waals surface area contributed by atoms with Crippen molar-refractivity contribution in [1.82, 2.24) is 4.90 Å². The molecule has 31 heavy (non-hydrogen) atoms. The van der Waals surface area contributed by atoms with Crippen LogP contribution >= 0.6 is 0 Å². The number of carbonyl (C=O) groups is 2. The molecule has 2 aromatic carbocycles. The SMILES string of the molecule is CC(C)(C)c1ccc(C(=O)N2CCC(C(=O)Nc3ccc(C(F)(F)F)cc3)CC2)cc1. The van der Waals surface area contributed by atoms with Crippen molar-refractivity contribution in [2.45, 2.75) is 45.2 Å². The van der Waals surface area contributed by atoms with Gasteiger partial charge in [-0.1, -0.05) is 32.9 Å². The number of halogens is 3. The van der Waals surface area contributed by atoms with Crippen LogP contribution in [0.2, 0.25) is 0 Å². The summed E-state index contributed by atoms with van der Waals surface area (Å²) in [4.78, 5) is 27.0. The number of carbonyl (C=O) groups excluding carboxylic acids is 2. The highest BCUT2D eigenvalue weighted by atomic mass is 19.4. The number of nitrogens with one attached hydrogen (secondary N) is 1. The number of hydrogen-bond acceptors (Lipinski definition) is 2. The van der Waals surface area contributed by atoms with Crippen LogP contribution in [0.1, 0.15) is 55.1 Å². The van der Waals surface area contributed by atoms with E-state index in [1.54, 1.807) is 4.90 Å². The highest BCUT2D eigenvalue weighted by molar-refractivity contribution is 5.95. The van der Waals surface area contributed by atoms with Gasteiger partial charge in [0.25, 0.3) is 5.91 Å². The normalized spacial score (nSPS) is 15.6. The Kier molecular flexibility index (Phi) is 6.43. The van der Waals surface area contributed by atoms with Crippen LogP contribution < -0.4 is 5.32 Å². The van der Waals surface area contributed by atoms with E-state index in [1.165, 1.54) is 12.1 Å². The Hall–Kier alpha value is -2.83. The van der Waals surface area contributed by atoms with E-state index in [0.717, 1.165) is 17.7 Å². The maximum Gasteiger partial charge on any atom is 0.416 e. The molecule has 0 spiro atoms. The van der Waals surface area contributed by atoms with Gasteiger partial charge in [0.15, 0.2) is 0 Å². The maximum atomic E-state index is 12.8. The van der Waals surface area contributed by atoms with Crippen LogP contribution in [0.3, 0.4) is 0 Å². The van der Waals surface area contributed by atoms with Crippen LogP contribution in [0.4, 0.5) is 18.9 Å². The van der Waals surface area contributed by atoms with E-state index in [9.17, 15) is 22.8 Å². The Balaban J connectivity index is 1.54. The molecule has 4 nitrogen and oxygen atoms in total. The maximum absolute atomic E-state index is 12.8. The molecule has 0 unspecified atom stereocenters. The Labute approximate surface area is 180 Å². The summed E-state index contributed by atoms with van der Waals surface area (Å²) in [7, 11) is 0. The number of benzene rings is 2. The molecule has 166 valence electrons. The number of likely N-dealkylation sites (tertiary alicyclic amines) is 1. The summed E-state index contributed by atoms with van der Waals surface area (Å²) in [6, 6.07) is 12.0. The van der Waals surface area contributed by atoms with Gasteiger partial charge in [-0.2, -0.15) is 13.2 Å². The van der Waals surface area contributed by atoms with Crippen LogP contribution in [-0.4, -0.2) is 29.8 Å². The lowest BCUT2D eigenvalue weighted by molar-refractivity contribution is -0.137. The van der Waals surface area contributed by atoms with E-state index in [0.29, 0.717) is 37.2 Å². The van der Waals surface area contributed by atoms with E-state index in [4.69, 9.17) is 0 Å². The molecule has 1 N–H and O–H groups in total. The van der Waals surface area contributed by atoms with Crippen molar-refractivity contribution in [3.8, 4) is 0 Å². The predicted octanol–water partition coefficient (Wildman–Crippen LogP) is 5.49. The summed E-state index contributed by atoms with van der Waals surface area (Å²) >= 11 is 0. The largest absolute Gasteiger partial charge is 0.416 e. The van der Waals surface area contributed by atoms with Crippen molar-refractivity contribution in [2.24, 2.45) is 5.92 Å². The number of hydrogen-bond donors (Lipinski definition) is 1. The first-order valence-corrected chi connectivity index (χ1v) is 10.3. The predicted molar refractivity (Wildman–Crippen MR) is 114 cm³/mol. The lowest BCUT2D eigenvalue weighted by Gasteiger charge is -2.31. The van der Waals surface area contributed by atoms with E-state index >= 15 is 0 Å². The van der Waals surface area contributed by atoms with Crippen LogP contribution in [0.5, 0.6) is 0 Å². The fourth-order valence-corrected chi connectivity index (χ4v) is 3.63. The fourth-order valence-electron chi connectivity index (χ4n) is 3.63. The Morgan fingerprint density at radius 3 is 1.87 bits per heavy atom. The minimum absolute atomic E-state index is 0.0142. The molecular weight excluding hydrogens is 405 g/mol. The van der Waals surface area contributed by atoms with Gasteiger partial charge in [0.05, 0.1) is 5.56 Å². The summed E-state index contributed by atoms with van der Waals surface area (Å²) in [5.41, 5.74) is 1.37. The number of piperidine rings is 1. The molecule has 0 bridgehead atoms. The first-order chi connectivity index (χ1) is 14.4. The molecule has 0 atom stereocenters. The highest BCUT2D eigenvalue weighted by Gasteiger charge is 2.31. The third kappa shape index (κ3) is 5.66. The monoisotopic (exact) mass is 432 g/mol. The molecule has 3 rings (SSSR count). The Bertz CT molecular complexity index is 921. The van der Waals surface area contributed by atoms with Gasteiger partial charge < -0.3 is 10.2 Å². The summed E-state index contributed by atoms with van der Waals surface area (Å²) in [6.07, 6.45) is -3.38. The lowest BCUT2D eigenvalue weighted by atomic mass is 9.86. The second-order valence-corrected chi connectivity index (χ2v) is 8.96. The summed E-state index contributed by atoms with van der Waals surface area (Å²) in [5, 5.41) is 2.68. The molecule has 1 heterocycles. The van der Waals surface area contributed by atoms with Crippen LogP contribution in [0.15, 0.2) is 48.5 Å². The Morgan fingerprint density at radius 1 is 0.871 bits per heavy atom. The third-order valence-corrected chi connectivity index (χ3v) is 5.63. The van der Waals surface area contributed by atoms with E-state index < -0.39 is 11.7 Å². The van der Waals surface area contributed by atoms with E-state index in [1.807, 2.05) is 24.3 Å². The number of nitrogens with zero attached hydrogens (tertiary/aromatic N) is 1. The highest BCUT2D eigenvalue weighted by Crippen LogP contribution is 2.30. The van der Waals surface area contributed by atoms with Crippen molar-refractivity contribution in [3.05, 3.63) is 65.2 Å². The third-order valence-electron chi connectivity index (χ3n) is 5.63. The van der Waals surface area contributed by atoms with E-state index in [-0.39, 0.29) is 23.1 Å². The van der Waals surface area contributed by atoms with Gasteiger partial charge in [0.2, 0.25) is 5.91 Å². The van der Waals surface area contributed by atoms with Gasteiger partial charge in [0.1, 0.15) is 0 Å². The minimum atomic E-state index is -4.41. The molecule has 1 aliphatic heterocycles. The van der Waals surface area contributed by atoms with Crippen LogP contribution in [-0.2, 0) is 16.4 Å². The number of alkyl halides is 3.